The highest BCUT2D eigenvalue weighted by molar-refractivity contribution is 6.38. The lowest BCUT2D eigenvalue weighted by atomic mass is 9.83. The molecule has 12 nitrogen and oxygen atoms in total. The van der Waals surface area contributed by atoms with Gasteiger partial charge in [0.15, 0.2) is 5.78 Å². The monoisotopic (exact) mass is 754 g/mol. The van der Waals surface area contributed by atoms with Crippen molar-refractivity contribution in [1.82, 2.24) is 26.2 Å². The summed E-state index contributed by atoms with van der Waals surface area (Å²) in [5.74, 6) is -0.674. The Bertz CT molecular complexity index is 1060. The van der Waals surface area contributed by atoms with E-state index in [0.717, 1.165) is 44.4 Å². The van der Waals surface area contributed by atoms with E-state index in [9.17, 15) is 33.9 Å². The molecule has 0 aromatic carbocycles. The van der Waals surface area contributed by atoms with E-state index in [2.05, 4.69) is 53.9 Å². The van der Waals surface area contributed by atoms with E-state index < -0.39 is 29.4 Å². The molecule has 5 N–H and O–H groups in total. The van der Waals surface area contributed by atoms with Gasteiger partial charge in [-0.15, -0.1) is 0 Å². The second-order valence-corrected chi connectivity index (χ2v) is 15.7. The Kier molecular flexibility index (Phi) is 28.2. The summed E-state index contributed by atoms with van der Waals surface area (Å²) < 4.78 is 0. The highest BCUT2D eigenvalue weighted by Gasteiger charge is 2.42. The van der Waals surface area contributed by atoms with Gasteiger partial charge in [-0.2, -0.15) is 0 Å². The molecule has 3 aliphatic rings. The van der Waals surface area contributed by atoms with E-state index in [1.165, 1.54) is 38.5 Å². The molecule has 310 valence electrons. The summed E-state index contributed by atoms with van der Waals surface area (Å²) in [6.07, 6.45) is 14.4. The molecule has 1 aliphatic heterocycles. The minimum atomic E-state index is -0.675. The number of ketones is 2. The SMILES string of the molecule is CC.CC1CC2CCCCC2N1CC(=O)C(NC(=O)CNC=O)C(C)(C)C.CCC.CCCC(C)(O)CC.CCC[C@H](NC=O)C(=O)C(=O)NC1CC1. The van der Waals surface area contributed by atoms with Crippen LogP contribution in [0.25, 0.3) is 0 Å². The Labute approximate surface area is 322 Å². The molecule has 12 heteroatoms. The van der Waals surface area contributed by atoms with Gasteiger partial charge in [0.1, 0.15) is 0 Å². The predicted octanol–water partition coefficient (Wildman–Crippen LogP) is 5.62. The van der Waals surface area contributed by atoms with Crippen molar-refractivity contribution in [1.29, 1.82) is 0 Å². The number of amides is 4. The minimum Gasteiger partial charge on any atom is -0.390 e. The fraction of sp³-hybridized carbons (Fsp3) is 0.854. The quantitative estimate of drug-likeness (QED) is 0.0940. The Hall–Kier alpha value is -2.86. The average Bonchev–Trinajstić information content (AvgIpc) is 3.88. The molecule has 0 spiro atoms. The summed E-state index contributed by atoms with van der Waals surface area (Å²) in [6, 6.07) is -0.125. The van der Waals surface area contributed by atoms with E-state index >= 15 is 0 Å². The van der Waals surface area contributed by atoms with Gasteiger partial charge in [0, 0.05) is 18.1 Å². The number of rotatable bonds is 17. The van der Waals surface area contributed by atoms with Crippen LogP contribution >= 0.6 is 0 Å². The number of carbonyl (C=O) groups excluding carboxylic acids is 6. The number of Topliss-reactive ketones (excluding diaryl/α,β-unsaturated/α-hetero) is 2. The molecule has 3 fully saturated rings. The van der Waals surface area contributed by atoms with Gasteiger partial charge in [-0.05, 0) is 76.5 Å². The van der Waals surface area contributed by atoms with Crippen LogP contribution < -0.4 is 21.3 Å². The lowest BCUT2D eigenvalue weighted by Gasteiger charge is -2.36. The minimum absolute atomic E-state index is 0.0602. The first-order chi connectivity index (χ1) is 25.0. The summed E-state index contributed by atoms with van der Waals surface area (Å²) >= 11 is 0. The van der Waals surface area contributed by atoms with E-state index in [1.807, 2.05) is 55.4 Å². The third-order valence-electron chi connectivity index (χ3n) is 9.53. The topological polar surface area (TPSA) is 174 Å². The molecular formula is C41H79N5O7. The lowest BCUT2D eigenvalue weighted by Crippen LogP contribution is -2.55. The molecule has 4 amide bonds. The van der Waals surface area contributed by atoms with Crippen molar-refractivity contribution in [3.8, 4) is 0 Å². The van der Waals surface area contributed by atoms with Crippen molar-refractivity contribution in [2.45, 2.75) is 202 Å². The Morgan fingerprint density at radius 2 is 1.47 bits per heavy atom. The molecule has 2 saturated carbocycles. The van der Waals surface area contributed by atoms with Crippen molar-refractivity contribution in [3.05, 3.63) is 0 Å². The number of hydrogen-bond acceptors (Lipinski definition) is 8. The fourth-order valence-electron chi connectivity index (χ4n) is 6.49. The normalized spacial score (nSPS) is 21.1. The largest absolute Gasteiger partial charge is 0.390 e. The second-order valence-electron chi connectivity index (χ2n) is 15.7. The van der Waals surface area contributed by atoms with Gasteiger partial charge in [-0.25, -0.2) is 0 Å². The molecule has 0 aromatic heterocycles. The molecule has 3 rings (SSSR count). The standard InChI is InChI=1S/C19H33N3O3.C10H16N2O3.C7H16O.C3H8.C2H6/c1-13-9-14-7-5-6-8-15(14)22(13)11-16(24)18(19(2,3)4)21-17(25)10-20-12-23;1-2-3-8(11-6-13)9(14)10(15)12-7-4-5-7;1-4-6-7(3,8)5-2;1-3-2;1-2/h12-15,18H,5-11H2,1-4H3,(H,20,23)(H,21,25);6-8H,2-5H2,1H3,(H,11,13)(H,12,15);8H,4-6H2,1-3H3;3H2,1-2H3;1-2H3/t;8-;;;/m.0.../s1. The zero-order valence-corrected chi connectivity index (χ0v) is 35.6. The summed E-state index contributed by atoms with van der Waals surface area (Å²) in [7, 11) is 0. The molecule has 1 heterocycles. The van der Waals surface area contributed by atoms with Crippen LogP contribution in [0.15, 0.2) is 0 Å². The van der Waals surface area contributed by atoms with Gasteiger partial charge in [-0.3, -0.25) is 33.7 Å². The summed E-state index contributed by atoms with van der Waals surface area (Å²) in [6.45, 7) is 24.5. The summed E-state index contributed by atoms with van der Waals surface area (Å²) in [5, 5.41) is 19.5. The molecule has 2 aliphatic carbocycles. The molecule has 0 aromatic rings. The van der Waals surface area contributed by atoms with E-state index in [4.69, 9.17) is 0 Å². The number of nitrogens with zero attached hydrogens (tertiary/aromatic N) is 1. The van der Waals surface area contributed by atoms with Crippen molar-refractivity contribution in [3.63, 3.8) is 0 Å². The van der Waals surface area contributed by atoms with Crippen molar-refractivity contribution < 1.29 is 33.9 Å². The third-order valence-corrected chi connectivity index (χ3v) is 9.53. The number of likely N-dealkylation sites (tertiary alicyclic amines) is 1. The summed E-state index contributed by atoms with van der Waals surface area (Å²) in [5.41, 5.74) is -0.780. The number of fused-ring (bicyclic) bond motifs is 1. The van der Waals surface area contributed by atoms with Gasteiger partial charge in [0.2, 0.25) is 24.5 Å². The van der Waals surface area contributed by atoms with Crippen molar-refractivity contribution in [2.75, 3.05) is 13.1 Å². The molecule has 5 unspecified atom stereocenters. The van der Waals surface area contributed by atoms with Gasteiger partial charge in [-0.1, -0.05) is 101 Å². The van der Waals surface area contributed by atoms with Crippen LogP contribution in [0.4, 0.5) is 0 Å². The lowest BCUT2D eigenvalue weighted by molar-refractivity contribution is -0.139. The third kappa shape index (κ3) is 22.2. The maximum Gasteiger partial charge on any atom is 0.289 e. The highest BCUT2D eigenvalue weighted by atomic mass is 16.3. The molecule has 0 radical (unpaired) electrons. The number of nitrogens with one attached hydrogen (secondary N) is 4. The predicted molar refractivity (Wildman–Crippen MR) is 214 cm³/mol. The zero-order chi connectivity index (χ0) is 41.2. The zero-order valence-electron chi connectivity index (χ0n) is 35.6. The second kappa shape index (κ2) is 28.6. The van der Waals surface area contributed by atoms with Gasteiger partial charge >= 0.3 is 0 Å². The van der Waals surface area contributed by atoms with Crippen LogP contribution in [0.2, 0.25) is 0 Å². The maximum absolute atomic E-state index is 13.0. The van der Waals surface area contributed by atoms with Crippen molar-refractivity contribution in [2.24, 2.45) is 11.3 Å². The van der Waals surface area contributed by atoms with E-state index in [1.54, 1.807) is 0 Å². The first-order valence-corrected chi connectivity index (χ1v) is 20.5. The maximum atomic E-state index is 13.0. The molecule has 1 saturated heterocycles. The number of aliphatic hydroxyl groups is 1. The molecule has 6 atom stereocenters. The van der Waals surface area contributed by atoms with Crippen LogP contribution in [0.3, 0.4) is 0 Å². The Morgan fingerprint density at radius 1 is 0.887 bits per heavy atom. The molecular weight excluding hydrogens is 674 g/mol. The van der Waals surface area contributed by atoms with Crippen LogP contribution in [0, 0.1) is 11.3 Å². The van der Waals surface area contributed by atoms with Crippen LogP contribution in [-0.4, -0.2) is 95.1 Å². The van der Waals surface area contributed by atoms with Crippen LogP contribution in [0.5, 0.6) is 0 Å². The van der Waals surface area contributed by atoms with Crippen LogP contribution in [-0.2, 0) is 28.8 Å². The first kappa shape index (κ1) is 52.2. The summed E-state index contributed by atoms with van der Waals surface area (Å²) in [4.78, 5) is 70.9. The van der Waals surface area contributed by atoms with E-state index in [0.29, 0.717) is 37.9 Å². The fourth-order valence-corrected chi connectivity index (χ4v) is 6.49. The smallest absolute Gasteiger partial charge is 0.289 e. The highest BCUT2D eigenvalue weighted by Crippen LogP contribution is 2.39. The number of carbonyl (C=O) groups is 6. The number of hydrogen-bond donors (Lipinski definition) is 5. The van der Waals surface area contributed by atoms with Gasteiger partial charge < -0.3 is 26.4 Å². The Morgan fingerprint density at radius 3 is 1.92 bits per heavy atom. The first-order valence-electron chi connectivity index (χ1n) is 20.5. The average molecular weight is 754 g/mol. The van der Waals surface area contributed by atoms with Crippen molar-refractivity contribution >= 4 is 36.2 Å². The van der Waals surface area contributed by atoms with Gasteiger partial charge in [0.25, 0.3) is 5.91 Å². The molecule has 53 heavy (non-hydrogen) atoms. The van der Waals surface area contributed by atoms with Gasteiger partial charge in [0.05, 0.1) is 30.8 Å². The van der Waals surface area contributed by atoms with E-state index in [-0.39, 0.29) is 29.7 Å². The van der Waals surface area contributed by atoms with Crippen LogP contribution in [0.1, 0.15) is 167 Å². The Balaban J connectivity index is 0. The molecule has 0 bridgehead atoms.